The van der Waals surface area contributed by atoms with Gasteiger partial charge in [-0.15, -0.1) is 5.10 Å². The zero-order chi connectivity index (χ0) is 12.4. The number of aromatic nitrogens is 2. The van der Waals surface area contributed by atoms with Crippen LogP contribution in [0.5, 0.6) is 5.75 Å². The number of hydrogen-bond acceptors (Lipinski definition) is 5. The molecule has 0 saturated carbocycles. The van der Waals surface area contributed by atoms with Gasteiger partial charge in [-0.1, -0.05) is 17.5 Å². The standard InChI is InChI=1S/C13H15N3OS/c1-2-11(15-13-8-14-16-18-13)9-3-4-12-10(7-9)5-6-17-12/h3-4,7-8,11,15H,2,5-6H2,1H3. The number of nitrogens with one attached hydrogen (secondary N) is 1. The summed E-state index contributed by atoms with van der Waals surface area (Å²) in [6.45, 7) is 2.98. The Balaban J connectivity index is 1.83. The van der Waals surface area contributed by atoms with Crippen LogP contribution in [0.2, 0.25) is 0 Å². The van der Waals surface area contributed by atoms with E-state index in [1.54, 1.807) is 6.20 Å². The summed E-state index contributed by atoms with van der Waals surface area (Å²) in [5.41, 5.74) is 2.62. The summed E-state index contributed by atoms with van der Waals surface area (Å²) in [7, 11) is 0. The maximum Gasteiger partial charge on any atom is 0.130 e. The lowest BCUT2D eigenvalue weighted by molar-refractivity contribution is 0.357. The van der Waals surface area contributed by atoms with Crippen LogP contribution in [-0.2, 0) is 6.42 Å². The van der Waals surface area contributed by atoms with E-state index in [9.17, 15) is 0 Å². The molecule has 0 bridgehead atoms. The fourth-order valence-corrected chi connectivity index (χ4v) is 2.72. The van der Waals surface area contributed by atoms with Crippen LogP contribution < -0.4 is 10.1 Å². The first-order chi connectivity index (χ1) is 8.86. The number of benzene rings is 1. The molecule has 1 unspecified atom stereocenters. The van der Waals surface area contributed by atoms with Crippen LogP contribution >= 0.6 is 11.5 Å². The van der Waals surface area contributed by atoms with Gasteiger partial charge in [-0.2, -0.15) is 0 Å². The van der Waals surface area contributed by atoms with E-state index in [-0.39, 0.29) is 0 Å². The van der Waals surface area contributed by atoms with Crippen molar-refractivity contribution in [3.8, 4) is 5.75 Å². The Morgan fingerprint density at radius 2 is 2.44 bits per heavy atom. The summed E-state index contributed by atoms with van der Waals surface area (Å²) in [4.78, 5) is 0. The first-order valence-corrected chi connectivity index (χ1v) is 6.93. The average molecular weight is 261 g/mol. The van der Waals surface area contributed by atoms with E-state index in [2.05, 4.69) is 40.0 Å². The molecule has 0 amide bonds. The van der Waals surface area contributed by atoms with Crippen molar-refractivity contribution in [1.82, 2.24) is 9.59 Å². The Bertz CT molecular complexity index is 527. The molecule has 18 heavy (non-hydrogen) atoms. The quantitative estimate of drug-likeness (QED) is 0.919. The fraction of sp³-hybridized carbons (Fsp3) is 0.385. The summed E-state index contributed by atoms with van der Waals surface area (Å²) in [6, 6.07) is 6.77. The molecule has 1 aliphatic rings. The maximum atomic E-state index is 5.53. The molecule has 1 aromatic carbocycles. The molecular formula is C13H15N3OS. The molecule has 1 atom stereocenters. The minimum atomic E-state index is 0.304. The molecule has 3 rings (SSSR count). The van der Waals surface area contributed by atoms with Crippen LogP contribution in [0.4, 0.5) is 5.00 Å². The lowest BCUT2D eigenvalue weighted by Crippen LogP contribution is -2.08. The van der Waals surface area contributed by atoms with Crippen LogP contribution in [-0.4, -0.2) is 16.2 Å². The highest BCUT2D eigenvalue weighted by atomic mass is 32.1. The first-order valence-electron chi connectivity index (χ1n) is 6.16. The molecule has 0 fully saturated rings. The monoisotopic (exact) mass is 261 g/mol. The maximum absolute atomic E-state index is 5.53. The van der Waals surface area contributed by atoms with E-state index in [1.807, 2.05) is 0 Å². The Morgan fingerprint density at radius 3 is 3.22 bits per heavy atom. The Morgan fingerprint density at radius 1 is 1.50 bits per heavy atom. The second-order valence-electron chi connectivity index (χ2n) is 4.35. The van der Waals surface area contributed by atoms with Crippen molar-refractivity contribution in [2.75, 3.05) is 11.9 Å². The molecule has 5 heteroatoms. The van der Waals surface area contributed by atoms with Crippen molar-refractivity contribution in [2.45, 2.75) is 25.8 Å². The van der Waals surface area contributed by atoms with Gasteiger partial charge in [0.15, 0.2) is 0 Å². The first kappa shape index (κ1) is 11.5. The number of anilines is 1. The molecule has 0 radical (unpaired) electrons. The Kier molecular flexibility index (Phi) is 3.15. The molecule has 1 aromatic heterocycles. The van der Waals surface area contributed by atoms with Crippen molar-refractivity contribution in [2.24, 2.45) is 0 Å². The van der Waals surface area contributed by atoms with Crippen LogP contribution in [0.15, 0.2) is 24.4 Å². The summed E-state index contributed by atoms with van der Waals surface area (Å²) in [5, 5.41) is 8.33. The lowest BCUT2D eigenvalue weighted by Gasteiger charge is -2.17. The number of nitrogens with zero attached hydrogens (tertiary/aromatic N) is 2. The van der Waals surface area contributed by atoms with Gasteiger partial charge in [-0.05, 0) is 29.7 Å². The van der Waals surface area contributed by atoms with Gasteiger partial charge in [0.05, 0.1) is 18.8 Å². The van der Waals surface area contributed by atoms with Gasteiger partial charge in [0, 0.05) is 18.0 Å². The third kappa shape index (κ3) is 2.18. The summed E-state index contributed by atoms with van der Waals surface area (Å²) < 4.78 is 9.40. The van der Waals surface area contributed by atoms with Crippen molar-refractivity contribution in [3.63, 3.8) is 0 Å². The highest BCUT2D eigenvalue weighted by Gasteiger charge is 2.16. The Labute approximate surface area is 110 Å². The molecule has 1 N–H and O–H groups in total. The number of ether oxygens (including phenoxy) is 1. The van der Waals surface area contributed by atoms with Gasteiger partial charge in [0.2, 0.25) is 0 Å². The molecular weight excluding hydrogens is 246 g/mol. The number of fused-ring (bicyclic) bond motifs is 1. The predicted molar refractivity (Wildman–Crippen MR) is 72.2 cm³/mol. The zero-order valence-electron chi connectivity index (χ0n) is 10.2. The van der Waals surface area contributed by atoms with Gasteiger partial charge >= 0.3 is 0 Å². The van der Waals surface area contributed by atoms with Crippen LogP contribution in [0, 0.1) is 0 Å². The van der Waals surface area contributed by atoms with E-state index in [4.69, 9.17) is 4.74 Å². The molecule has 0 saturated heterocycles. The fourth-order valence-electron chi connectivity index (χ4n) is 2.25. The average Bonchev–Trinajstić information content (AvgIpc) is 3.06. The third-order valence-corrected chi connectivity index (χ3v) is 3.80. The van der Waals surface area contributed by atoms with Crippen LogP contribution in [0.1, 0.15) is 30.5 Å². The number of hydrogen-bond donors (Lipinski definition) is 1. The smallest absolute Gasteiger partial charge is 0.130 e. The minimum absolute atomic E-state index is 0.304. The van der Waals surface area contributed by atoms with E-state index < -0.39 is 0 Å². The highest BCUT2D eigenvalue weighted by Crippen LogP contribution is 2.30. The van der Waals surface area contributed by atoms with Gasteiger partial charge in [0.25, 0.3) is 0 Å². The number of rotatable bonds is 4. The zero-order valence-corrected chi connectivity index (χ0v) is 11.0. The molecule has 0 spiro atoms. The second kappa shape index (κ2) is 4.94. The van der Waals surface area contributed by atoms with Crippen molar-refractivity contribution in [1.29, 1.82) is 0 Å². The van der Waals surface area contributed by atoms with E-state index >= 15 is 0 Å². The molecule has 2 heterocycles. The normalized spacial score (nSPS) is 14.9. The highest BCUT2D eigenvalue weighted by molar-refractivity contribution is 7.09. The largest absolute Gasteiger partial charge is 0.493 e. The molecule has 4 nitrogen and oxygen atoms in total. The SMILES string of the molecule is CCC(Nc1cnns1)c1ccc2c(c1)CCO2. The second-order valence-corrected chi connectivity index (χ2v) is 5.14. The summed E-state index contributed by atoms with van der Waals surface area (Å²) >= 11 is 1.39. The van der Waals surface area contributed by atoms with E-state index in [0.717, 1.165) is 30.2 Å². The van der Waals surface area contributed by atoms with Crippen molar-refractivity contribution < 1.29 is 4.74 Å². The lowest BCUT2D eigenvalue weighted by atomic mass is 10.0. The van der Waals surface area contributed by atoms with E-state index in [1.165, 1.54) is 22.7 Å². The molecule has 1 aliphatic heterocycles. The third-order valence-electron chi connectivity index (χ3n) is 3.20. The molecule has 94 valence electrons. The van der Waals surface area contributed by atoms with Gasteiger partial charge in [-0.25, -0.2) is 0 Å². The molecule has 2 aromatic rings. The van der Waals surface area contributed by atoms with Gasteiger partial charge < -0.3 is 10.1 Å². The predicted octanol–water partition coefficient (Wildman–Crippen LogP) is 3.04. The van der Waals surface area contributed by atoms with Crippen LogP contribution in [0.3, 0.4) is 0 Å². The van der Waals surface area contributed by atoms with Crippen LogP contribution in [0.25, 0.3) is 0 Å². The van der Waals surface area contributed by atoms with E-state index in [0.29, 0.717) is 6.04 Å². The minimum Gasteiger partial charge on any atom is -0.493 e. The van der Waals surface area contributed by atoms with Gasteiger partial charge in [0.1, 0.15) is 10.8 Å². The Hall–Kier alpha value is -1.62. The topological polar surface area (TPSA) is 47.0 Å². The summed E-state index contributed by atoms with van der Waals surface area (Å²) in [6.07, 6.45) is 3.81. The molecule has 0 aliphatic carbocycles. The van der Waals surface area contributed by atoms with Crippen molar-refractivity contribution >= 4 is 16.5 Å². The summed E-state index contributed by atoms with van der Waals surface area (Å²) in [5.74, 6) is 1.04. The van der Waals surface area contributed by atoms with Gasteiger partial charge in [-0.3, -0.25) is 0 Å². The van der Waals surface area contributed by atoms with Crippen molar-refractivity contribution in [3.05, 3.63) is 35.5 Å².